The van der Waals surface area contributed by atoms with Gasteiger partial charge in [0.2, 0.25) is 21.8 Å². The van der Waals surface area contributed by atoms with Crippen molar-refractivity contribution < 1.29 is 23.1 Å². The summed E-state index contributed by atoms with van der Waals surface area (Å²) in [5.41, 5.74) is 4.11. The van der Waals surface area contributed by atoms with E-state index in [-0.39, 0.29) is 6.54 Å². The minimum atomic E-state index is -3.49. The molecule has 20 heavy (non-hydrogen) atoms. The van der Waals surface area contributed by atoms with Crippen LogP contribution in [-0.4, -0.2) is 71.6 Å². The van der Waals surface area contributed by atoms with E-state index in [1.807, 2.05) is 0 Å². The minimum Gasteiger partial charge on any atom is -0.391 e. The van der Waals surface area contributed by atoms with Crippen molar-refractivity contribution in [1.29, 1.82) is 0 Å². The zero-order chi connectivity index (χ0) is 15.3. The molecule has 2 saturated heterocycles. The number of carbonyl (C=O) groups is 2. The third kappa shape index (κ3) is 2.09. The van der Waals surface area contributed by atoms with Crippen LogP contribution in [-0.2, 0) is 19.6 Å². The fraction of sp³-hybridized carbons (Fsp3) is 0.818. The first kappa shape index (κ1) is 15.2. The Labute approximate surface area is 117 Å². The number of rotatable bonds is 4. The average Bonchev–Trinajstić information content (AvgIpc) is 2.73. The van der Waals surface area contributed by atoms with Crippen molar-refractivity contribution in [1.82, 2.24) is 9.21 Å². The monoisotopic (exact) mass is 305 g/mol. The minimum absolute atomic E-state index is 0.0947. The van der Waals surface area contributed by atoms with E-state index in [1.165, 1.54) is 11.2 Å². The third-order valence-electron chi connectivity index (χ3n) is 4.00. The molecule has 0 aromatic rings. The molecule has 3 atom stereocenters. The van der Waals surface area contributed by atoms with Gasteiger partial charge in [0, 0.05) is 6.54 Å². The van der Waals surface area contributed by atoms with Gasteiger partial charge in [0.05, 0.1) is 18.9 Å². The van der Waals surface area contributed by atoms with Gasteiger partial charge in [0.1, 0.15) is 11.6 Å². The fourth-order valence-corrected chi connectivity index (χ4v) is 4.51. The molecular weight excluding hydrogens is 286 g/mol. The number of carbonyl (C=O) groups excluding carboxylic acids is 2. The molecule has 2 aliphatic heterocycles. The molecule has 3 unspecified atom stereocenters. The second-order valence-electron chi connectivity index (χ2n) is 5.49. The number of nitrogens with zero attached hydrogens (tertiary/aromatic N) is 2. The van der Waals surface area contributed by atoms with Crippen LogP contribution in [0.3, 0.4) is 0 Å². The Morgan fingerprint density at radius 3 is 2.50 bits per heavy atom. The Bertz CT molecular complexity index is 546. The Hall–Kier alpha value is -1.19. The largest absolute Gasteiger partial charge is 0.391 e. The van der Waals surface area contributed by atoms with E-state index >= 15 is 0 Å². The Balaban J connectivity index is 2.25. The molecule has 0 saturated carbocycles. The summed E-state index contributed by atoms with van der Waals surface area (Å²) < 4.78 is 24.7. The molecule has 0 bridgehead atoms. The molecule has 114 valence electrons. The molecule has 0 aromatic carbocycles. The summed E-state index contributed by atoms with van der Waals surface area (Å²) in [5.74, 6) is -1.25. The van der Waals surface area contributed by atoms with Crippen LogP contribution >= 0.6 is 0 Å². The Kier molecular flexibility index (Phi) is 3.55. The SMILES string of the molecule is CC(O)C(C(N)=O)N1CC2(CCCN2S(C)(=O)=O)C1=O. The van der Waals surface area contributed by atoms with Gasteiger partial charge in [0.15, 0.2) is 0 Å². The highest BCUT2D eigenvalue weighted by atomic mass is 32.2. The van der Waals surface area contributed by atoms with Crippen molar-refractivity contribution in [2.24, 2.45) is 5.73 Å². The predicted molar refractivity (Wildman–Crippen MR) is 69.9 cm³/mol. The highest BCUT2D eigenvalue weighted by molar-refractivity contribution is 7.88. The molecule has 9 heteroatoms. The summed E-state index contributed by atoms with van der Waals surface area (Å²) in [6.45, 7) is 1.77. The van der Waals surface area contributed by atoms with Gasteiger partial charge in [-0.3, -0.25) is 9.59 Å². The van der Waals surface area contributed by atoms with Crippen LogP contribution in [0.5, 0.6) is 0 Å². The van der Waals surface area contributed by atoms with Crippen LogP contribution in [0.1, 0.15) is 19.8 Å². The molecule has 1 spiro atoms. The molecule has 2 fully saturated rings. The molecular formula is C11H19N3O5S. The molecule has 3 N–H and O–H groups in total. The van der Waals surface area contributed by atoms with E-state index in [0.717, 1.165) is 11.2 Å². The number of nitrogens with two attached hydrogens (primary N) is 1. The number of likely N-dealkylation sites (tertiary alicyclic amines) is 1. The van der Waals surface area contributed by atoms with Crippen LogP contribution < -0.4 is 5.73 Å². The van der Waals surface area contributed by atoms with E-state index in [9.17, 15) is 23.1 Å². The summed E-state index contributed by atoms with van der Waals surface area (Å²) in [6, 6.07) is -1.12. The van der Waals surface area contributed by atoms with Gasteiger partial charge in [0.25, 0.3) is 0 Å². The topological polar surface area (TPSA) is 121 Å². The van der Waals surface area contributed by atoms with E-state index < -0.39 is 39.5 Å². The summed E-state index contributed by atoms with van der Waals surface area (Å²) in [6.07, 6.45) is 1.00. The molecule has 2 rings (SSSR count). The normalized spacial score (nSPS) is 30.4. The Morgan fingerprint density at radius 1 is 1.50 bits per heavy atom. The maximum Gasteiger partial charge on any atom is 0.246 e. The summed E-state index contributed by atoms with van der Waals surface area (Å²) >= 11 is 0. The second-order valence-corrected chi connectivity index (χ2v) is 7.40. The number of primary amides is 1. The van der Waals surface area contributed by atoms with E-state index in [1.54, 1.807) is 0 Å². The lowest BCUT2D eigenvalue weighted by Gasteiger charge is -2.52. The molecule has 0 aliphatic carbocycles. The van der Waals surface area contributed by atoms with Gasteiger partial charge in [-0.1, -0.05) is 0 Å². The fourth-order valence-electron chi connectivity index (χ4n) is 3.18. The lowest BCUT2D eigenvalue weighted by molar-refractivity contribution is -0.167. The van der Waals surface area contributed by atoms with Crippen LogP contribution in [0.25, 0.3) is 0 Å². The summed E-state index contributed by atoms with van der Waals surface area (Å²) in [5, 5.41) is 9.57. The number of β-lactam (4-membered cyclic amide) rings is 1. The van der Waals surface area contributed by atoms with Gasteiger partial charge in [-0.2, -0.15) is 4.31 Å². The first-order chi connectivity index (χ1) is 9.11. The molecule has 8 nitrogen and oxygen atoms in total. The summed E-state index contributed by atoms with van der Waals surface area (Å²) in [7, 11) is -3.49. The first-order valence-electron chi connectivity index (χ1n) is 6.37. The van der Waals surface area contributed by atoms with Gasteiger partial charge < -0.3 is 15.7 Å². The van der Waals surface area contributed by atoms with Crippen molar-refractivity contribution in [3.05, 3.63) is 0 Å². The van der Waals surface area contributed by atoms with Crippen molar-refractivity contribution in [3.8, 4) is 0 Å². The van der Waals surface area contributed by atoms with Crippen molar-refractivity contribution in [2.75, 3.05) is 19.3 Å². The number of amides is 2. The van der Waals surface area contributed by atoms with Crippen LogP contribution in [0, 0.1) is 0 Å². The highest BCUT2D eigenvalue weighted by Gasteiger charge is 2.63. The van der Waals surface area contributed by atoms with Crippen LogP contribution in [0.15, 0.2) is 0 Å². The average molecular weight is 305 g/mol. The van der Waals surface area contributed by atoms with Gasteiger partial charge in [-0.05, 0) is 19.8 Å². The number of sulfonamides is 1. The summed E-state index contributed by atoms with van der Waals surface area (Å²) in [4.78, 5) is 24.9. The predicted octanol–water partition coefficient (Wildman–Crippen LogP) is -2.14. The molecule has 0 aromatic heterocycles. The quantitative estimate of drug-likeness (QED) is 0.574. The zero-order valence-electron chi connectivity index (χ0n) is 11.4. The molecule has 0 radical (unpaired) electrons. The lowest BCUT2D eigenvalue weighted by Crippen LogP contribution is -2.76. The second kappa shape index (κ2) is 4.68. The van der Waals surface area contributed by atoms with E-state index in [0.29, 0.717) is 19.4 Å². The van der Waals surface area contributed by atoms with Crippen molar-refractivity contribution >= 4 is 21.8 Å². The molecule has 2 heterocycles. The van der Waals surface area contributed by atoms with E-state index in [2.05, 4.69) is 0 Å². The van der Waals surface area contributed by atoms with Crippen LogP contribution in [0.4, 0.5) is 0 Å². The standard InChI is InChI=1S/C11H19N3O5S/c1-7(15)8(9(12)16)13-6-11(10(13)17)4-3-5-14(11)20(2,18)19/h7-8,15H,3-6H2,1-2H3,(H2,12,16). The van der Waals surface area contributed by atoms with Crippen molar-refractivity contribution in [3.63, 3.8) is 0 Å². The maximum absolute atomic E-state index is 12.4. The smallest absolute Gasteiger partial charge is 0.246 e. The first-order valence-corrected chi connectivity index (χ1v) is 8.22. The molecule has 2 aliphatic rings. The zero-order valence-corrected chi connectivity index (χ0v) is 12.3. The Morgan fingerprint density at radius 2 is 2.10 bits per heavy atom. The number of aliphatic hydroxyl groups is 1. The van der Waals surface area contributed by atoms with Gasteiger partial charge >= 0.3 is 0 Å². The third-order valence-corrected chi connectivity index (χ3v) is 5.34. The lowest BCUT2D eigenvalue weighted by atomic mass is 9.84. The van der Waals surface area contributed by atoms with Crippen molar-refractivity contribution in [2.45, 2.75) is 37.5 Å². The van der Waals surface area contributed by atoms with Crippen LogP contribution in [0.2, 0.25) is 0 Å². The number of hydrogen-bond donors (Lipinski definition) is 2. The highest BCUT2D eigenvalue weighted by Crippen LogP contribution is 2.41. The van der Waals surface area contributed by atoms with E-state index in [4.69, 9.17) is 5.73 Å². The molecule has 2 amide bonds. The maximum atomic E-state index is 12.4. The van der Waals surface area contributed by atoms with Gasteiger partial charge in [-0.15, -0.1) is 0 Å². The number of hydrogen-bond acceptors (Lipinski definition) is 5. The van der Waals surface area contributed by atoms with Gasteiger partial charge in [-0.25, -0.2) is 8.42 Å². The number of aliphatic hydroxyl groups excluding tert-OH is 1.